The van der Waals surface area contributed by atoms with E-state index in [0.717, 1.165) is 18.7 Å². The zero-order valence-corrected chi connectivity index (χ0v) is 12.6. The number of methoxy groups -OCH3 is 1. The van der Waals surface area contributed by atoms with Gasteiger partial charge in [0.15, 0.2) is 0 Å². The molecule has 2 atom stereocenters. The van der Waals surface area contributed by atoms with Gasteiger partial charge in [-0.25, -0.2) is 0 Å². The molecule has 106 valence electrons. The molecule has 0 aromatic heterocycles. The Morgan fingerprint density at radius 3 is 2.63 bits per heavy atom. The molecule has 1 aromatic carbocycles. The predicted molar refractivity (Wildman–Crippen MR) is 77.7 cm³/mol. The van der Waals surface area contributed by atoms with Crippen LogP contribution in [0.3, 0.4) is 0 Å². The quantitative estimate of drug-likeness (QED) is 0.905. The molecule has 0 heterocycles. The lowest BCUT2D eigenvalue weighted by atomic mass is 10.1. The highest BCUT2D eigenvalue weighted by atomic mass is 16.5. The second-order valence-corrected chi connectivity index (χ2v) is 6.07. The molecule has 2 rings (SSSR count). The Morgan fingerprint density at radius 2 is 2.05 bits per heavy atom. The Labute approximate surface area is 116 Å². The van der Waals surface area contributed by atoms with E-state index in [9.17, 15) is 0 Å². The van der Waals surface area contributed by atoms with Gasteiger partial charge in [-0.15, -0.1) is 0 Å². The Hall–Kier alpha value is -1.06. The van der Waals surface area contributed by atoms with Gasteiger partial charge in [-0.2, -0.15) is 0 Å². The van der Waals surface area contributed by atoms with E-state index in [2.05, 4.69) is 45.1 Å². The molecule has 0 aliphatic heterocycles. The van der Waals surface area contributed by atoms with Crippen LogP contribution in [0.2, 0.25) is 0 Å². The molecule has 0 spiro atoms. The number of rotatable bonds is 4. The second-order valence-electron chi connectivity index (χ2n) is 6.07. The number of ether oxygens (including phenoxy) is 2. The number of hydrogen-bond acceptors (Lipinski definition) is 3. The van der Waals surface area contributed by atoms with Gasteiger partial charge >= 0.3 is 0 Å². The van der Waals surface area contributed by atoms with Crippen molar-refractivity contribution in [2.24, 2.45) is 0 Å². The molecule has 0 saturated carbocycles. The minimum atomic E-state index is -0.121. The highest BCUT2D eigenvalue weighted by molar-refractivity contribution is 5.42. The SMILES string of the molecule is CCNC1c2cc(OC)ccc2CC1OC(C)(C)C. The van der Waals surface area contributed by atoms with Crippen molar-refractivity contribution in [3.05, 3.63) is 29.3 Å². The zero-order chi connectivity index (χ0) is 14.0. The molecule has 1 N–H and O–H groups in total. The summed E-state index contributed by atoms with van der Waals surface area (Å²) in [6.45, 7) is 9.40. The first-order valence-corrected chi connectivity index (χ1v) is 7.02. The topological polar surface area (TPSA) is 30.5 Å². The van der Waals surface area contributed by atoms with Gasteiger partial charge < -0.3 is 14.8 Å². The van der Waals surface area contributed by atoms with Crippen LogP contribution in [0.15, 0.2) is 18.2 Å². The summed E-state index contributed by atoms with van der Waals surface area (Å²) in [6, 6.07) is 6.58. The van der Waals surface area contributed by atoms with Crippen LogP contribution in [-0.2, 0) is 11.2 Å². The summed E-state index contributed by atoms with van der Waals surface area (Å²) >= 11 is 0. The summed E-state index contributed by atoms with van der Waals surface area (Å²) < 4.78 is 11.5. The van der Waals surface area contributed by atoms with Crippen molar-refractivity contribution in [2.75, 3.05) is 13.7 Å². The Morgan fingerprint density at radius 1 is 1.32 bits per heavy atom. The summed E-state index contributed by atoms with van der Waals surface area (Å²) in [5.74, 6) is 0.915. The average Bonchev–Trinajstić information content (AvgIpc) is 2.65. The number of hydrogen-bond donors (Lipinski definition) is 1. The van der Waals surface area contributed by atoms with Crippen LogP contribution < -0.4 is 10.1 Å². The Bertz CT molecular complexity index is 437. The lowest BCUT2D eigenvalue weighted by molar-refractivity contribution is -0.0697. The standard InChI is InChI=1S/C16H25NO2/c1-6-17-15-13-10-12(18-5)8-7-11(13)9-14(15)19-16(2,3)4/h7-8,10,14-15,17H,6,9H2,1-5H3. The summed E-state index contributed by atoms with van der Waals surface area (Å²) in [5.41, 5.74) is 2.56. The first kappa shape index (κ1) is 14.4. The van der Waals surface area contributed by atoms with Crippen molar-refractivity contribution >= 4 is 0 Å². The normalized spacial score (nSPS) is 22.4. The van der Waals surface area contributed by atoms with Gasteiger partial charge in [-0.1, -0.05) is 13.0 Å². The monoisotopic (exact) mass is 263 g/mol. The fourth-order valence-corrected chi connectivity index (χ4v) is 2.74. The van der Waals surface area contributed by atoms with Crippen LogP contribution in [0.25, 0.3) is 0 Å². The highest BCUT2D eigenvalue weighted by Gasteiger charge is 2.35. The number of benzene rings is 1. The molecule has 0 radical (unpaired) electrons. The van der Waals surface area contributed by atoms with Crippen LogP contribution in [0.1, 0.15) is 44.9 Å². The van der Waals surface area contributed by atoms with Gasteiger partial charge in [-0.3, -0.25) is 0 Å². The van der Waals surface area contributed by atoms with Crippen molar-refractivity contribution < 1.29 is 9.47 Å². The fourth-order valence-electron chi connectivity index (χ4n) is 2.74. The molecule has 0 bridgehead atoms. The smallest absolute Gasteiger partial charge is 0.119 e. The van der Waals surface area contributed by atoms with Gasteiger partial charge in [0.05, 0.1) is 24.9 Å². The van der Waals surface area contributed by atoms with Crippen LogP contribution >= 0.6 is 0 Å². The summed E-state index contributed by atoms with van der Waals surface area (Å²) in [5, 5.41) is 3.54. The summed E-state index contributed by atoms with van der Waals surface area (Å²) in [4.78, 5) is 0. The third kappa shape index (κ3) is 3.28. The maximum absolute atomic E-state index is 6.22. The number of nitrogens with one attached hydrogen (secondary N) is 1. The third-order valence-electron chi connectivity index (χ3n) is 3.41. The Kier molecular flexibility index (Phi) is 4.16. The summed E-state index contributed by atoms with van der Waals surface area (Å²) in [7, 11) is 1.71. The first-order chi connectivity index (χ1) is 8.94. The van der Waals surface area contributed by atoms with E-state index in [4.69, 9.17) is 9.47 Å². The largest absolute Gasteiger partial charge is 0.497 e. The fraction of sp³-hybridized carbons (Fsp3) is 0.625. The van der Waals surface area contributed by atoms with E-state index in [-0.39, 0.29) is 17.7 Å². The van der Waals surface area contributed by atoms with Gasteiger partial charge in [0.25, 0.3) is 0 Å². The second kappa shape index (κ2) is 5.51. The van der Waals surface area contributed by atoms with Crippen LogP contribution in [0, 0.1) is 0 Å². The highest BCUT2D eigenvalue weighted by Crippen LogP contribution is 2.37. The molecule has 1 aliphatic carbocycles. The molecular weight excluding hydrogens is 238 g/mol. The minimum absolute atomic E-state index is 0.121. The van der Waals surface area contributed by atoms with Crippen molar-refractivity contribution in [1.29, 1.82) is 0 Å². The molecule has 0 amide bonds. The third-order valence-corrected chi connectivity index (χ3v) is 3.41. The molecular formula is C16H25NO2. The first-order valence-electron chi connectivity index (χ1n) is 7.02. The molecule has 1 aromatic rings. The summed E-state index contributed by atoms with van der Waals surface area (Å²) in [6.07, 6.45) is 1.16. The van der Waals surface area contributed by atoms with E-state index >= 15 is 0 Å². The number of likely N-dealkylation sites (N-methyl/N-ethyl adjacent to an activating group) is 1. The molecule has 3 heteroatoms. The van der Waals surface area contributed by atoms with Gasteiger partial charge in [0.2, 0.25) is 0 Å². The molecule has 2 unspecified atom stereocenters. The van der Waals surface area contributed by atoms with Crippen molar-refractivity contribution in [2.45, 2.75) is 51.9 Å². The van der Waals surface area contributed by atoms with Crippen LogP contribution in [0.5, 0.6) is 5.75 Å². The van der Waals surface area contributed by atoms with E-state index in [0.29, 0.717) is 0 Å². The van der Waals surface area contributed by atoms with E-state index < -0.39 is 0 Å². The Balaban J connectivity index is 2.26. The minimum Gasteiger partial charge on any atom is -0.497 e. The lowest BCUT2D eigenvalue weighted by Gasteiger charge is -2.29. The van der Waals surface area contributed by atoms with Crippen LogP contribution in [-0.4, -0.2) is 25.4 Å². The van der Waals surface area contributed by atoms with E-state index in [1.807, 2.05) is 6.07 Å². The maximum Gasteiger partial charge on any atom is 0.119 e. The average molecular weight is 263 g/mol. The van der Waals surface area contributed by atoms with Gasteiger partial charge in [0.1, 0.15) is 5.75 Å². The number of fused-ring (bicyclic) bond motifs is 1. The zero-order valence-electron chi connectivity index (χ0n) is 12.6. The van der Waals surface area contributed by atoms with Crippen molar-refractivity contribution in [3.8, 4) is 5.75 Å². The molecule has 19 heavy (non-hydrogen) atoms. The molecule has 0 saturated heterocycles. The maximum atomic E-state index is 6.22. The van der Waals surface area contributed by atoms with Crippen molar-refractivity contribution in [1.82, 2.24) is 5.32 Å². The van der Waals surface area contributed by atoms with Gasteiger partial charge in [-0.05, 0) is 50.6 Å². The predicted octanol–water partition coefficient (Wildman–Crippen LogP) is 3.09. The van der Waals surface area contributed by atoms with Gasteiger partial charge in [0, 0.05) is 6.42 Å². The van der Waals surface area contributed by atoms with E-state index in [1.165, 1.54) is 11.1 Å². The van der Waals surface area contributed by atoms with Crippen molar-refractivity contribution in [3.63, 3.8) is 0 Å². The van der Waals surface area contributed by atoms with Crippen LogP contribution in [0.4, 0.5) is 0 Å². The lowest BCUT2D eigenvalue weighted by Crippen LogP contribution is -2.36. The molecule has 1 aliphatic rings. The molecule has 0 fully saturated rings. The molecule has 3 nitrogen and oxygen atoms in total. The van der Waals surface area contributed by atoms with E-state index in [1.54, 1.807) is 7.11 Å².